The smallest absolute Gasteiger partial charge is 0.235 e. The molecule has 1 aliphatic rings. The molecule has 104 valence electrons. The number of alkyl halides is 1. The zero-order valence-electron chi connectivity index (χ0n) is 10.8. The molecule has 1 aliphatic heterocycles. The molecule has 1 aromatic rings. The summed E-state index contributed by atoms with van der Waals surface area (Å²) in [6.07, 6.45) is 0.0460. The van der Waals surface area contributed by atoms with Crippen LogP contribution in [0.1, 0.15) is 5.56 Å². The van der Waals surface area contributed by atoms with Gasteiger partial charge in [-0.2, -0.15) is 0 Å². The number of rotatable bonds is 5. The molecule has 0 saturated carbocycles. The summed E-state index contributed by atoms with van der Waals surface area (Å²) >= 11 is 5.44. The lowest BCUT2D eigenvalue weighted by Gasteiger charge is -2.33. The Kier molecular flexibility index (Phi) is 5.63. The number of ether oxygens (including phenoxy) is 1. The van der Waals surface area contributed by atoms with Gasteiger partial charge in [0.1, 0.15) is 5.88 Å². The molecule has 1 saturated heterocycles. The molecule has 1 atom stereocenters. The molecule has 0 aromatic heterocycles. The van der Waals surface area contributed by atoms with E-state index < -0.39 is 0 Å². The Morgan fingerprint density at radius 1 is 1.42 bits per heavy atom. The van der Waals surface area contributed by atoms with Crippen LogP contribution in [0.5, 0.6) is 0 Å². The quantitative estimate of drug-likeness (QED) is 0.827. The van der Waals surface area contributed by atoms with Crippen LogP contribution in [0, 0.1) is 0 Å². The third kappa shape index (κ3) is 4.82. The van der Waals surface area contributed by atoms with Crippen LogP contribution in [0.25, 0.3) is 0 Å². The molecule has 1 aromatic carbocycles. The van der Waals surface area contributed by atoms with E-state index in [0.29, 0.717) is 13.2 Å². The van der Waals surface area contributed by atoms with Gasteiger partial charge in [0.25, 0.3) is 0 Å². The first kappa shape index (κ1) is 14.3. The van der Waals surface area contributed by atoms with E-state index in [1.165, 1.54) is 5.56 Å². The van der Waals surface area contributed by atoms with Crippen LogP contribution in [0.3, 0.4) is 0 Å². The maximum Gasteiger partial charge on any atom is 0.235 e. The molecular weight excluding hydrogens is 264 g/mol. The molecule has 0 bridgehead atoms. The lowest BCUT2D eigenvalue weighted by atomic mass is 10.2. The molecular formula is C14H19ClN2O2. The van der Waals surface area contributed by atoms with Crippen molar-refractivity contribution in [1.82, 2.24) is 10.2 Å². The Morgan fingerprint density at radius 2 is 2.21 bits per heavy atom. The summed E-state index contributed by atoms with van der Waals surface area (Å²) < 4.78 is 5.64. The summed E-state index contributed by atoms with van der Waals surface area (Å²) in [5.74, 6) is -0.147. The zero-order valence-corrected chi connectivity index (χ0v) is 11.6. The van der Waals surface area contributed by atoms with Crippen LogP contribution in [0.15, 0.2) is 30.3 Å². The average Bonchev–Trinajstić information content (AvgIpc) is 2.46. The second kappa shape index (κ2) is 7.48. The van der Waals surface area contributed by atoms with Crippen molar-refractivity contribution in [1.29, 1.82) is 0 Å². The first-order chi connectivity index (χ1) is 9.28. The van der Waals surface area contributed by atoms with Crippen molar-refractivity contribution in [2.75, 3.05) is 32.1 Å². The fourth-order valence-corrected chi connectivity index (χ4v) is 2.26. The minimum atomic E-state index is -0.148. The van der Waals surface area contributed by atoms with Gasteiger partial charge >= 0.3 is 0 Å². The van der Waals surface area contributed by atoms with Crippen molar-refractivity contribution in [2.24, 2.45) is 0 Å². The first-order valence-corrected chi connectivity index (χ1v) is 7.02. The van der Waals surface area contributed by atoms with E-state index in [1.54, 1.807) is 0 Å². The van der Waals surface area contributed by atoms with Crippen molar-refractivity contribution in [3.63, 3.8) is 0 Å². The van der Waals surface area contributed by atoms with Gasteiger partial charge in [0.05, 0.1) is 12.7 Å². The molecule has 1 fully saturated rings. The zero-order chi connectivity index (χ0) is 13.5. The van der Waals surface area contributed by atoms with Crippen molar-refractivity contribution >= 4 is 17.5 Å². The SMILES string of the molecule is O=C(CCl)NCC1CN(Cc2ccccc2)CCO1. The monoisotopic (exact) mass is 282 g/mol. The normalized spacial score (nSPS) is 20.2. The third-order valence-corrected chi connectivity index (χ3v) is 3.36. The van der Waals surface area contributed by atoms with E-state index in [1.807, 2.05) is 18.2 Å². The van der Waals surface area contributed by atoms with Gasteiger partial charge in [-0.1, -0.05) is 30.3 Å². The highest BCUT2D eigenvalue weighted by Gasteiger charge is 2.20. The summed E-state index contributed by atoms with van der Waals surface area (Å²) in [6.45, 7) is 3.90. The highest BCUT2D eigenvalue weighted by Crippen LogP contribution is 2.10. The number of carbonyl (C=O) groups is 1. The number of nitrogens with one attached hydrogen (secondary N) is 1. The molecule has 1 heterocycles. The Balaban J connectivity index is 1.79. The van der Waals surface area contributed by atoms with Gasteiger partial charge in [0.15, 0.2) is 0 Å². The molecule has 1 amide bonds. The lowest BCUT2D eigenvalue weighted by molar-refractivity contribution is -0.119. The van der Waals surface area contributed by atoms with E-state index in [0.717, 1.165) is 19.6 Å². The van der Waals surface area contributed by atoms with E-state index in [2.05, 4.69) is 22.3 Å². The summed E-state index contributed by atoms with van der Waals surface area (Å²) in [7, 11) is 0. The number of hydrogen-bond donors (Lipinski definition) is 1. The summed E-state index contributed by atoms with van der Waals surface area (Å²) in [5.41, 5.74) is 1.30. The van der Waals surface area contributed by atoms with Crippen LogP contribution < -0.4 is 5.32 Å². The van der Waals surface area contributed by atoms with Gasteiger partial charge in [0, 0.05) is 26.2 Å². The molecule has 0 aliphatic carbocycles. The summed E-state index contributed by atoms with van der Waals surface area (Å²) in [6, 6.07) is 10.4. The Hall–Kier alpha value is -1.10. The van der Waals surface area contributed by atoms with Gasteiger partial charge < -0.3 is 10.1 Å². The Morgan fingerprint density at radius 3 is 2.95 bits per heavy atom. The maximum absolute atomic E-state index is 11.1. The van der Waals surface area contributed by atoms with E-state index >= 15 is 0 Å². The van der Waals surface area contributed by atoms with E-state index in [9.17, 15) is 4.79 Å². The highest BCUT2D eigenvalue weighted by molar-refractivity contribution is 6.27. The molecule has 0 spiro atoms. The second-order valence-electron chi connectivity index (χ2n) is 4.65. The number of carbonyl (C=O) groups excluding carboxylic acids is 1. The van der Waals surface area contributed by atoms with Gasteiger partial charge in [-0.3, -0.25) is 9.69 Å². The van der Waals surface area contributed by atoms with E-state index in [-0.39, 0.29) is 17.9 Å². The highest BCUT2D eigenvalue weighted by atomic mass is 35.5. The van der Waals surface area contributed by atoms with Gasteiger partial charge in [0.2, 0.25) is 5.91 Å². The Bertz CT molecular complexity index is 400. The third-order valence-electron chi connectivity index (χ3n) is 3.12. The summed E-state index contributed by atoms with van der Waals surface area (Å²) in [4.78, 5) is 13.5. The predicted octanol–water partition coefficient (Wildman–Crippen LogP) is 1.24. The predicted molar refractivity (Wildman–Crippen MR) is 75.2 cm³/mol. The average molecular weight is 283 g/mol. The fraction of sp³-hybridized carbons (Fsp3) is 0.500. The number of halogens is 1. The largest absolute Gasteiger partial charge is 0.374 e. The van der Waals surface area contributed by atoms with Gasteiger partial charge in [-0.05, 0) is 5.56 Å². The molecule has 1 N–H and O–H groups in total. The van der Waals surface area contributed by atoms with Crippen LogP contribution >= 0.6 is 11.6 Å². The topological polar surface area (TPSA) is 41.6 Å². The van der Waals surface area contributed by atoms with Crippen molar-refractivity contribution in [3.05, 3.63) is 35.9 Å². The molecule has 1 unspecified atom stereocenters. The molecule has 0 radical (unpaired) electrons. The molecule has 5 heteroatoms. The van der Waals surface area contributed by atoms with Crippen LogP contribution in [0.2, 0.25) is 0 Å². The number of morpholine rings is 1. The van der Waals surface area contributed by atoms with Crippen LogP contribution in [-0.2, 0) is 16.1 Å². The van der Waals surface area contributed by atoms with Gasteiger partial charge in [-0.25, -0.2) is 0 Å². The van der Waals surface area contributed by atoms with Crippen molar-refractivity contribution < 1.29 is 9.53 Å². The van der Waals surface area contributed by atoms with Crippen molar-refractivity contribution in [3.8, 4) is 0 Å². The molecule has 4 nitrogen and oxygen atoms in total. The van der Waals surface area contributed by atoms with Crippen LogP contribution in [0.4, 0.5) is 0 Å². The minimum Gasteiger partial charge on any atom is -0.374 e. The fourth-order valence-electron chi connectivity index (χ4n) is 2.16. The van der Waals surface area contributed by atoms with Gasteiger partial charge in [-0.15, -0.1) is 11.6 Å². The molecule has 2 rings (SSSR count). The maximum atomic E-state index is 11.1. The second-order valence-corrected chi connectivity index (χ2v) is 4.92. The Labute approximate surface area is 118 Å². The lowest BCUT2D eigenvalue weighted by Crippen LogP contribution is -2.47. The van der Waals surface area contributed by atoms with E-state index in [4.69, 9.17) is 16.3 Å². The first-order valence-electron chi connectivity index (χ1n) is 6.48. The molecule has 19 heavy (non-hydrogen) atoms. The number of amides is 1. The van der Waals surface area contributed by atoms with Crippen molar-refractivity contribution in [2.45, 2.75) is 12.6 Å². The number of nitrogens with zero attached hydrogens (tertiary/aromatic N) is 1. The summed E-state index contributed by atoms with van der Waals surface area (Å²) in [5, 5.41) is 2.76. The standard InChI is InChI=1S/C14H19ClN2O2/c15-8-14(18)16-9-13-11-17(6-7-19-13)10-12-4-2-1-3-5-12/h1-5,13H,6-11H2,(H,16,18). The number of hydrogen-bond acceptors (Lipinski definition) is 3. The minimum absolute atomic E-state index is 0.000446. The van der Waals surface area contributed by atoms with Crippen LogP contribution in [-0.4, -0.2) is 49.0 Å². The number of benzene rings is 1.